The molecule has 0 amide bonds. The zero-order valence-electron chi connectivity index (χ0n) is 5.17. The van der Waals surface area contributed by atoms with Gasteiger partial charge in [0.25, 0.3) is 0 Å². The number of benzene rings is 1. The Morgan fingerprint density at radius 1 is 0.778 bits per heavy atom. The Bertz CT molecular complexity index is 173. The SMILES string of the molecule is [CH]1C[CH]c2ccc1cc2. The van der Waals surface area contributed by atoms with Gasteiger partial charge in [0.2, 0.25) is 0 Å². The molecule has 0 aromatic heterocycles. The molecule has 3 rings (SSSR count). The molecule has 0 nitrogen and oxygen atoms in total. The maximum atomic E-state index is 2.23. The minimum atomic E-state index is 1.09. The second kappa shape index (κ2) is 1.87. The summed E-state index contributed by atoms with van der Waals surface area (Å²) in [6.45, 7) is 0. The van der Waals surface area contributed by atoms with E-state index in [4.69, 9.17) is 0 Å². The van der Waals surface area contributed by atoms with Crippen molar-refractivity contribution in [3.63, 3.8) is 0 Å². The third kappa shape index (κ3) is 0.849. The fourth-order valence-electron chi connectivity index (χ4n) is 1.10. The van der Waals surface area contributed by atoms with Crippen LogP contribution in [0, 0.1) is 12.8 Å². The van der Waals surface area contributed by atoms with Crippen molar-refractivity contribution in [3.8, 4) is 0 Å². The van der Waals surface area contributed by atoms with Gasteiger partial charge in [0.1, 0.15) is 0 Å². The van der Waals surface area contributed by atoms with Crippen molar-refractivity contribution in [2.75, 3.05) is 0 Å². The Morgan fingerprint density at radius 3 is 1.67 bits per heavy atom. The van der Waals surface area contributed by atoms with E-state index in [-0.39, 0.29) is 0 Å². The highest BCUT2D eigenvalue weighted by molar-refractivity contribution is 5.35. The summed E-state index contributed by atoms with van der Waals surface area (Å²) in [5.41, 5.74) is 2.68. The molecule has 9 heavy (non-hydrogen) atoms. The highest BCUT2D eigenvalue weighted by Gasteiger charge is 2.01. The molecule has 0 aliphatic heterocycles. The smallest absolute Gasteiger partial charge is 0.00868 e. The second-order valence-electron chi connectivity index (χ2n) is 2.31. The number of fused-ring (bicyclic) bond motifs is 4. The normalized spacial score (nSPS) is 15.6. The fraction of sp³-hybridized carbons (Fsp3) is 0.111. The molecule has 44 valence electrons. The van der Waals surface area contributed by atoms with Crippen LogP contribution in [0.25, 0.3) is 0 Å². The lowest BCUT2D eigenvalue weighted by Gasteiger charge is -1.89. The van der Waals surface area contributed by atoms with E-state index >= 15 is 0 Å². The lowest BCUT2D eigenvalue weighted by atomic mass is 10.2. The Labute approximate surface area is 55.5 Å². The second-order valence-corrected chi connectivity index (χ2v) is 2.31. The Kier molecular flexibility index (Phi) is 1.05. The summed E-state index contributed by atoms with van der Waals surface area (Å²) < 4.78 is 0. The van der Waals surface area contributed by atoms with Gasteiger partial charge in [-0.25, -0.2) is 0 Å². The van der Waals surface area contributed by atoms with Crippen LogP contribution >= 0.6 is 0 Å². The van der Waals surface area contributed by atoms with Gasteiger partial charge in [-0.3, -0.25) is 0 Å². The first kappa shape index (κ1) is 5.04. The molecule has 2 bridgehead atoms. The average Bonchev–Trinajstić information content (AvgIpc) is 2.21. The van der Waals surface area contributed by atoms with Crippen LogP contribution in [0.4, 0.5) is 0 Å². The minimum absolute atomic E-state index is 1.09. The summed E-state index contributed by atoms with van der Waals surface area (Å²) in [6, 6.07) is 8.61. The van der Waals surface area contributed by atoms with Gasteiger partial charge in [-0.15, -0.1) is 0 Å². The van der Waals surface area contributed by atoms with E-state index in [0.29, 0.717) is 0 Å². The molecule has 2 aliphatic rings. The Hall–Kier alpha value is -0.780. The molecule has 0 unspecified atom stereocenters. The van der Waals surface area contributed by atoms with Crippen LogP contribution in [0.3, 0.4) is 0 Å². The molecule has 0 atom stereocenters. The van der Waals surface area contributed by atoms with Gasteiger partial charge in [-0.2, -0.15) is 0 Å². The first-order valence-corrected chi connectivity index (χ1v) is 3.22. The predicted octanol–water partition coefficient (Wildman–Crippen LogP) is 2.20. The lowest BCUT2D eigenvalue weighted by molar-refractivity contribution is 1.19. The van der Waals surface area contributed by atoms with Crippen molar-refractivity contribution in [3.05, 3.63) is 48.2 Å². The summed E-state index contributed by atoms with van der Waals surface area (Å²) in [6.07, 6.45) is 5.55. The maximum Gasteiger partial charge on any atom is -0.00868 e. The van der Waals surface area contributed by atoms with Crippen LogP contribution in [0.5, 0.6) is 0 Å². The molecule has 2 aliphatic carbocycles. The molecule has 0 N–H and O–H groups in total. The Balaban J connectivity index is 2.53. The van der Waals surface area contributed by atoms with Gasteiger partial charge >= 0.3 is 0 Å². The van der Waals surface area contributed by atoms with E-state index in [0.717, 1.165) is 6.42 Å². The molecule has 0 fully saturated rings. The molecule has 0 heteroatoms. The van der Waals surface area contributed by atoms with Crippen LogP contribution in [0.1, 0.15) is 17.5 Å². The van der Waals surface area contributed by atoms with Crippen molar-refractivity contribution in [1.29, 1.82) is 0 Å². The molecular formula is C9H8. The van der Waals surface area contributed by atoms with E-state index in [1.807, 2.05) is 0 Å². The van der Waals surface area contributed by atoms with E-state index in [1.54, 1.807) is 0 Å². The summed E-state index contributed by atoms with van der Waals surface area (Å²) in [5, 5.41) is 0. The zero-order valence-corrected chi connectivity index (χ0v) is 5.17. The van der Waals surface area contributed by atoms with Gasteiger partial charge < -0.3 is 0 Å². The number of hydrogen-bond donors (Lipinski definition) is 0. The maximum absolute atomic E-state index is 2.23. The van der Waals surface area contributed by atoms with Crippen molar-refractivity contribution in [2.45, 2.75) is 6.42 Å². The lowest BCUT2D eigenvalue weighted by Crippen LogP contribution is -1.72. The predicted molar refractivity (Wildman–Crippen MR) is 37.9 cm³/mol. The number of rotatable bonds is 0. The minimum Gasteiger partial charge on any atom is -0.0585 e. The average molecular weight is 116 g/mol. The van der Waals surface area contributed by atoms with E-state index in [9.17, 15) is 0 Å². The van der Waals surface area contributed by atoms with Crippen molar-refractivity contribution in [2.24, 2.45) is 0 Å². The largest absolute Gasteiger partial charge is 0.0585 e. The molecule has 0 heterocycles. The topological polar surface area (TPSA) is 0 Å². The molecule has 2 radical (unpaired) electrons. The van der Waals surface area contributed by atoms with Gasteiger partial charge in [0.05, 0.1) is 0 Å². The third-order valence-corrected chi connectivity index (χ3v) is 1.64. The summed E-state index contributed by atoms with van der Waals surface area (Å²) in [4.78, 5) is 0. The van der Waals surface area contributed by atoms with Crippen molar-refractivity contribution in [1.82, 2.24) is 0 Å². The monoisotopic (exact) mass is 116 g/mol. The molecule has 0 saturated heterocycles. The summed E-state index contributed by atoms with van der Waals surface area (Å²) in [7, 11) is 0. The quantitative estimate of drug-likeness (QED) is 0.487. The summed E-state index contributed by atoms with van der Waals surface area (Å²) in [5.74, 6) is 0. The highest BCUT2D eigenvalue weighted by Crippen LogP contribution is 2.17. The molecule has 1 aromatic carbocycles. The molecule has 1 aromatic rings. The van der Waals surface area contributed by atoms with E-state index < -0.39 is 0 Å². The van der Waals surface area contributed by atoms with Crippen molar-refractivity contribution < 1.29 is 0 Å². The van der Waals surface area contributed by atoms with Crippen LogP contribution in [0.2, 0.25) is 0 Å². The van der Waals surface area contributed by atoms with Crippen LogP contribution in [-0.2, 0) is 0 Å². The zero-order chi connectivity index (χ0) is 6.10. The molecular weight excluding hydrogens is 108 g/mol. The molecule has 0 saturated carbocycles. The van der Waals surface area contributed by atoms with Gasteiger partial charge in [0, 0.05) is 0 Å². The van der Waals surface area contributed by atoms with E-state index in [2.05, 4.69) is 37.1 Å². The van der Waals surface area contributed by atoms with Crippen LogP contribution in [-0.4, -0.2) is 0 Å². The first-order valence-electron chi connectivity index (χ1n) is 3.22. The van der Waals surface area contributed by atoms with Gasteiger partial charge in [0.15, 0.2) is 0 Å². The van der Waals surface area contributed by atoms with Gasteiger partial charge in [-0.05, 0) is 30.4 Å². The van der Waals surface area contributed by atoms with Crippen LogP contribution in [0.15, 0.2) is 24.3 Å². The molecule has 0 spiro atoms. The first-order chi connectivity index (χ1) is 4.45. The highest BCUT2D eigenvalue weighted by atomic mass is 14.1. The van der Waals surface area contributed by atoms with Gasteiger partial charge in [-0.1, -0.05) is 24.3 Å². The van der Waals surface area contributed by atoms with Crippen molar-refractivity contribution >= 4 is 0 Å². The number of hydrogen-bond acceptors (Lipinski definition) is 0. The summed E-state index contributed by atoms with van der Waals surface area (Å²) >= 11 is 0. The van der Waals surface area contributed by atoms with Crippen LogP contribution < -0.4 is 0 Å². The third-order valence-electron chi connectivity index (χ3n) is 1.64. The standard InChI is InChI=1S/C9H8/c1-2-8-4-6-9(3-1)7-5-8/h2-7H,1H2. The van der Waals surface area contributed by atoms with E-state index in [1.165, 1.54) is 11.1 Å². The fourth-order valence-corrected chi connectivity index (χ4v) is 1.10. The Morgan fingerprint density at radius 2 is 1.22 bits per heavy atom.